The van der Waals surface area contributed by atoms with Crippen LogP contribution in [0.3, 0.4) is 0 Å². The van der Waals surface area contributed by atoms with Gasteiger partial charge in [0.05, 0.1) is 53.4 Å². The number of sulfonamides is 2. The summed E-state index contributed by atoms with van der Waals surface area (Å²) in [6, 6.07) is 2.26. The van der Waals surface area contributed by atoms with E-state index in [1.807, 2.05) is 26.2 Å². The van der Waals surface area contributed by atoms with Crippen LogP contribution in [0.1, 0.15) is 84.8 Å². The number of halogens is 1. The lowest BCUT2D eigenvalue weighted by Crippen LogP contribution is -2.66. The van der Waals surface area contributed by atoms with Crippen LogP contribution in [-0.4, -0.2) is 140 Å². The van der Waals surface area contributed by atoms with Crippen molar-refractivity contribution in [2.24, 2.45) is 17.3 Å². The normalized spacial score (nSPS) is 27.0. The van der Waals surface area contributed by atoms with E-state index in [1.165, 1.54) is 20.5 Å². The number of Topliss-reactive ketones (excluding diaryl/α,β-unsaturated/α-hetero) is 1. The fourth-order valence-corrected chi connectivity index (χ4v) is 13.2. The highest BCUT2D eigenvalue weighted by Crippen LogP contribution is 2.58. The van der Waals surface area contributed by atoms with Gasteiger partial charge in [0.25, 0.3) is 0 Å². The Bertz CT molecular complexity index is 2490. The lowest BCUT2D eigenvalue weighted by molar-refractivity contribution is -0.149. The highest BCUT2D eigenvalue weighted by atomic mass is 35.5. The fourth-order valence-electron chi connectivity index (χ4n) is 9.45. The van der Waals surface area contributed by atoms with Crippen molar-refractivity contribution in [1.29, 1.82) is 0 Å². The van der Waals surface area contributed by atoms with E-state index in [0.717, 1.165) is 25.0 Å². The summed E-state index contributed by atoms with van der Waals surface area (Å²) < 4.78 is 74.7. The smallest absolute Gasteiger partial charge is 0.242 e. The molecule has 2 amide bonds. The number of carbonyl (C=O) groups is 3. The second kappa shape index (κ2) is 17.7. The van der Waals surface area contributed by atoms with Gasteiger partial charge in [0.1, 0.15) is 46.0 Å². The van der Waals surface area contributed by atoms with Crippen LogP contribution < -0.4 is 14.2 Å². The SMILES string of the molecule is CC[C@@H]1C[C@]1(CC(=O)[C@@H]1C[C@@H](Oc2cc(-c3nc(C(C)C)cs3)nc3c(Cl)c(OCCN4CCOCC4)ccc23)[C@H]2CN(S(C)(=O)=O)[C@H](C(C)C)C(=O)N21)C(=O)NS(=O)(=O)C1CC1. The molecular weight excluding hydrogens is 892 g/mol. The van der Waals surface area contributed by atoms with Gasteiger partial charge in [-0.2, -0.15) is 4.31 Å². The van der Waals surface area contributed by atoms with Crippen molar-refractivity contribution in [3.05, 3.63) is 34.3 Å². The monoisotopic (exact) mass is 948 g/mol. The van der Waals surface area contributed by atoms with Crippen LogP contribution in [-0.2, 0) is 39.2 Å². The minimum Gasteiger partial charge on any atom is -0.491 e. The van der Waals surface area contributed by atoms with Crippen molar-refractivity contribution < 1.29 is 45.4 Å². The average molecular weight is 950 g/mol. The predicted octanol–water partition coefficient (Wildman–Crippen LogP) is 4.85. The molecule has 1 N–H and O–H groups in total. The number of nitrogens with zero attached hydrogens (tertiary/aromatic N) is 5. The molecule has 5 heterocycles. The molecular formula is C43H57ClN6O10S3. The van der Waals surface area contributed by atoms with E-state index in [1.54, 1.807) is 32.0 Å². The van der Waals surface area contributed by atoms with Gasteiger partial charge in [-0.25, -0.2) is 26.8 Å². The van der Waals surface area contributed by atoms with Crippen molar-refractivity contribution in [1.82, 2.24) is 28.8 Å². The van der Waals surface area contributed by atoms with Crippen LogP contribution in [0.15, 0.2) is 23.6 Å². The number of carbonyl (C=O) groups excluding carboxylic acids is 3. The quantitative estimate of drug-likeness (QED) is 0.193. The van der Waals surface area contributed by atoms with E-state index in [-0.39, 0.29) is 36.2 Å². The molecule has 20 heteroatoms. The van der Waals surface area contributed by atoms with Gasteiger partial charge in [-0.05, 0) is 49.1 Å². The van der Waals surface area contributed by atoms with Crippen molar-refractivity contribution in [3.8, 4) is 22.2 Å². The molecule has 2 aliphatic carbocycles. The lowest BCUT2D eigenvalue weighted by atomic mass is 9.90. The standard InChI is InChI=1S/C43H57ClN6O10S3/c1-7-26-20-43(26,42(53)47-63(56,57)27-8-9-27)21-33(51)31-19-36(32-22-49(62(6,54)55)39(25(4)5)41(52)50(31)32)60-35-18-29(40-46-30(23-61-40)24(2)3)45-38-28(35)10-11-34(37(38)44)59-17-14-48-12-15-58-16-13-48/h10-11,18,23-27,31-32,36,39H,7-9,12-17,19-22H2,1-6H3,(H,47,53)/t26-,31+,32-,36-,39-,43-/m1/s1. The number of hydrogen-bond donors (Lipinski definition) is 1. The highest BCUT2D eigenvalue weighted by Gasteiger charge is 2.63. The molecule has 0 spiro atoms. The maximum Gasteiger partial charge on any atom is 0.242 e. The molecule has 5 aliphatic rings. The molecule has 3 saturated heterocycles. The summed E-state index contributed by atoms with van der Waals surface area (Å²) in [6.07, 6.45) is 1.74. The summed E-state index contributed by atoms with van der Waals surface area (Å²) in [5, 5.41) is 2.77. The Hall–Kier alpha value is -3.46. The summed E-state index contributed by atoms with van der Waals surface area (Å²) >= 11 is 8.54. The number of thiazole rings is 1. The number of ketones is 1. The highest BCUT2D eigenvalue weighted by molar-refractivity contribution is 7.91. The van der Waals surface area contributed by atoms with Crippen molar-refractivity contribution in [3.63, 3.8) is 0 Å². The molecule has 6 atom stereocenters. The number of aromatic nitrogens is 2. The number of benzene rings is 1. The maximum atomic E-state index is 14.7. The topological polar surface area (TPSA) is 195 Å². The van der Waals surface area contributed by atoms with Crippen LogP contribution in [0.4, 0.5) is 0 Å². The summed E-state index contributed by atoms with van der Waals surface area (Å²) in [4.78, 5) is 56.8. The molecule has 3 aromatic rings. The fraction of sp³-hybridized carbons (Fsp3) is 0.651. The summed E-state index contributed by atoms with van der Waals surface area (Å²) in [5.41, 5.74) is 0.518. The zero-order valence-corrected chi connectivity index (χ0v) is 39.7. The Labute approximate surface area is 378 Å². The van der Waals surface area contributed by atoms with Gasteiger partial charge in [-0.1, -0.05) is 52.6 Å². The number of fused-ring (bicyclic) bond motifs is 2. The molecule has 0 bridgehead atoms. The number of pyridine rings is 1. The van der Waals surface area contributed by atoms with E-state index in [9.17, 15) is 31.2 Å². The number of ether oxygens (including phenoxy) is 3. The van der Waals surface area contributed by atoms with Crippen LogP contribution in [0.25, 0.3) is 21.6 Å². The molecule has 5 fully saturated rings. The molecule has 8 rings (SSSR count). The van der Waals surface area contributed by atoms with Gasteiger partial charge < -0.3 is 19.1 Å². The number of hydrogen-bond acceptors (Lipinski definition) is 14. The van der Waals surface area contributed by atoms with Gasteiger partial charge in [0, 0.05) is 55.9 Å². The third-order valence-electron chi connectivity index (χ3n) is 13.3. The van der Waals surface area contributed by atoms with Gasteiger partial charge in [-0.15, -0.1) is 11.3 Å². The molecule has 63 heavy (non-hydrogen) atoms. The van der Waals surface area contributed by atoms with Gasteiger partial charge in [0.15, 0.2) is 5.78 Å². The number of amides is 2. The van der Waals surface area contributed by atoms with E-state index >= 15 is 0 Å². The minimum absolute atomic E-state index is 0.00309. The average Bonchev–Trinajstić information content (AvgIpc) is 4.12. The van der Waals surface area contributed by atoms with Gasteiger partial charge in [-0.3, -0.25) is 24.0 Å². The molecule has 0 unspecified atom stereocenters. The van der Waals surface area contributed by atoms with Crippen LogP contribution in [0.5, 0.6) is 11.5 Å². The summed E-state index contributed by atoms with van der Waals surface area (Å²) in [5.74, 6) is -1.34. The second-order valence-corrected chi connectivity index (χ2v) is 23.5. The third-order valence-corrected chi connectivity index (χ3v) is 17.6. The van der Waals surface area contributed by atoms with Crippen molar-refractivity contribution in [2.45, 2.75) is 109 Å². The van der Waals surface area contributed by atoms with Crippen molar-refractivity contribution in [2.75, 3.05) is 52.3 Å². The Morgan fingerprint density at radius 3 is 2.43 bits per heavy atom. The maximum absolute atomic E-state index is 14.7. The first-order valence-corrected chi connectivity index (χ1v) is 26.5. The molecule has 0 radical (unpaired) electrons. The zero-order valence-electron chi connectivity index (χ0n) is 36.5. The first-order valence-electron chi connectivity index (χ1n) is 21.9. The summed E-state index contributed by atoms with van der Waals surface area (Å²) in [7, 11) is -7.79. The van der Waals surface area contributed by atoms with Crippen molar-refractivity contribution >= 4 is 71.5 Å². The Kier molecular flexibility index (Phi) is 13.0. The largest absolute Gasteiger partial charge is 0.491 e. The molecule has 1 aromatic carbocycles. The van der Waals surface area contributed by atoms with Gasteiger partial charge in [0.2, 0.25) is 31.9 Å². The van der Waals surface area contributed by atoms with Crippen LogP contribution in [0, 0.1) is 17.3 Å². The number of rotatable bonds is 17. The zero-order chi connectivity index (χ0) is 45.2. The Balaban J connectivity index is 1.15. The second-order valence-electron chi connectivity index (χ2n) is 18.3. The Morgan fingerprint density at radius 2 is 1.81 bits per heavy atom. The van der Waals surface area contributed by atoms with Gasteiger partial charge >= 0.3 is 0 Å². The molecule has 2 aromatic heterocycles. The predicted molar refractivity (Wildman–Crippen MR) is 239 cm³/mol. The Morgan fingerprint density at radius 1 is 1.08 bits per heavy atom. The van der Waals surface area contributed by atoms with Crippen LogP contribution in [0.2, 0.25) is 5.02 Å². The van der Waals surface area contributed by atoms with E-state index in [0.29, 0.717) is 85.2 Å². The van der Waals surface area contributed by atoms with Crippen LogP contribution >= 0.6 is 22.9 Å². The lowest BCUT2D eigenvalue weighted by Gasteiger charge is -2.45. The first-order chi connectivity index (χ1) is 29.8. The number of piperazine rings is 1. The van der Waals surface area contributed by atoms with E-state index in [2.05, 4.69) is 9.62 Å². The number of morpholine rings is 1. The first kappa shape index (κ1) is 46.1. The summed E-state index contributed by atoms with van der Waals surface area (Å²) in [6.45, 7) is 13.4. The van der Waals surface area contributed by atoms with E-state index in [4.69, 9.17) is 35.8 Å². The van der Waals surface area contributed by atoms with E-state index < -0.39 is 78.5 Å². The third kappa shape index (κ3) is 9.21. The molecule has 344 valence electrons. The molecule has 2 saturated carbocycles. The minimum atomic E-state index is -3.92. The molecule has 3 aliphatic heterocycles. The molecule has 16 nitrogen and oxygen atoms in total. The number of nitrogens with one attached hydrogen (secondary N) is 1.